The van der Waals surface area contributed by atoms with Crippen LogP contribution >= 0.6 is 11.8 Å². The highest BCUT2D eigenvalue weighted by Crippen LogP contribution is 2.24. The number of amides is 1. The Hall–Kier alpha value is -2.35. The van der Waals surface area contributed by atoms with E-state index in [2.05, 4.69) is 15.5 Å². The van der Waals surface area contributed by atoms with Crippen molar-refractivity contribution >= 4 is 23.6 Å². The SMILES string of the molecule is Cc1cc(CSc2ncccc2C(=O)OCC(=O)NC(C)(C)C)no1. The third-order valence-corrected chi connectivity index (χ3v) is 3.91. The zero-order chi connectivity index (χ0) is 18.4. The molecule has 8 heteroatoms. The molecule has 7 nitrogen and oxygen atoms in total. The zero-order valence-electron chi connectivity index (χ0n) is 14.7. The summed E-state index contributed by atoms with van der Waals surface area (Å²) in [4.78, 5) is 28.2. The van der Waals surface area contributed by atoms with Gasteiger partial charge in [0, 0.05) is 23.6 Å². The molecular formula is C17H21N3O4S. The van der Waals surface area contributed by atoms with Crippen LogP contribution in [-0.4, -0.2) is 34.2 Å². The van der Waals surface area contributed by atoms with Gasteiger partial charge in [-0.1, -0.05) is 16.9 Å². The third kappa shape index (κ3) is 6.22. The quantitative estimate of drug-likeness (QED) is 0.623. The van der Waals surface area contributed by atoms with Crippen LogP contribution < -0.4 is 5.32 Å². The van der Waals surface area contributed by atoms with Crippen molar-refractivity contribution in [1.29, 1.82) is 0 Å². The third-order valence-electron chi connectivity index (χ3n) is 2.87. The van der Waals surface area contributed by atoms with Crippen LogP contribution in [0.25, 0.3) is 0 Å². The zero-order valence-corrected chi connectivity index (χ0v) is 15.5. The molecule has 0 aliphatic rings. The van der Waals surface area contributed by atoms with Gasteiger partial charge in [-0.05, 0) is 39.8 Å². The molecule has 0 atom stereocenters. The number of aryl methyl sites for hydroxylation is 1. The van der Waals surface area contributed by atoms with E-state index < -0.39 is 5.97 Å². The van der Waals surface area contributed by atoms with Crippen LogP contribution in [-0.2, 0) is 15.3 Å². The molecule has 0 saturated carbocycles. The molecule has 0 aliphatic heterocycles. The smallest absolute Gasteiger partial charge is 0.341 e. The summed E-state index contributed by atoms with van der Waals surface area (Å²) >= 11 is 1.35. The number of hydrogen-bond donors (Lipinski definition) is 1. The normalized spacial score (nSPS) is 11.2. The van der Waals surface area contributed by atoms with Gasteiger partial charge in [0.05, 0.1) is 11.3 Å². The molecule has 0 bridgehead atoms. The minimum absolute atomic E-state index is 0.316. The molecule has 0 radical (unpaired) electrons. The number of carbonyl (C=O) groups is 2. The van der Waals surface area contributed by atoms with E-state index in [9.17, 15) is 9.59 Å². The molecular weight excluding hydrogens is 342 g/mol. The largest absolute Gasteiger partial charge is 0.452 e. The van der Waals surface area contributed by atoms with Crippen molar-refractivity contribution in [2.24, 2.45) is 0 Å². The molecule has 2 rings (SSSR count). The molecule has 0 aliphatic carbocycles. The molecule has 2 aromatic rings. The van der Waals surface area contributed by atoms with Crippen LogP contribution in [0.3, 0.4) is 0 Å². The molecule has 0 fully saturated rings. The second kappa shape index (κ2) is 8.15. The Labute approximate surface area is 150 Å². The summed E-state index contributed by atoms with van der Waals surface area (Å²) in [5, 5.41) is 7.16. The van der Waals surface area contributed by atoms with Crippen molar-refractivity contribution in [3.05, 3.63) is 41.4 Å². The Bertz CT molecular complexity index is 752. The lowest BCUT2D eigenvalue weighted by molar-refractivity contribution is -0.125. The average molecular weight is 363 g/mol. The average Bonchev–Trinajstić information content (AvgIpc) is 2.95. The highest BCUT2D eigenvalue weighted by molar-refractivity contribution is 7.98. The molecule has 1 amide bonds. The summed E-state index contributed by atoms with van der Waals surface area (Å²) in [7, 11) is 0. The highest BCUT2D eigenvalue weighted by Gasteiger charge is 2.18. The van der Waals surface area contributed by atoms with Crippen molar-refractivity contribution < 1.29 is 18.8 Å². The summed E-state index contributed by atoms with van der Waals surface area (Å²) in [6.07, 6.45) is 1.60. The van der Waals surface area contributed by atoms with E-state index in [1.165, 1.54) is 11.8 Å². The first-order valence-corrected chi connectivity index (χ1v) is 8.71. The number of rotatable bonds is 6. The van der Waals surface area contributed by atoms with Crippen LogP contribution in [0.1, 0.15) is 42.6 Å². The fourth-order valence-electron chi connectivity index (χ4n) is 1.95. The van der Waals surface area contributed by atoms with Crippen molar-refractivity contribution in [3.8, 4) is 0 Å². The lowest BCUT2D eigenvalue weighted by Gasteiger charge is -2.20. The van der Waals surface area contributed by atoms with Gasteiger partial charge in [-0.15, -0.1) is 0 Å². The molecule has 2 heterocycles. The molecule has 2 aromatic heterocycles. The lowest BCUT2D eigenvalue weighted by atomic mass is 10.1. The Kier molecular flexibility index (Phi) is 6.19. The van der Waals surface area contributed by atoms with Gasteiger partial charge in [0.2, 0.25) is 0 Å². The van der Waals surface area contributed by atoms with Crippen LogP contribution in [0.5, 0.6) is 0 Å². The Morgan fingerprint density at radius 2 is 2.12 bits per heavy atom. The number of esters is 1. The summed E-state index contributed by atoms with van der Waals surface area (Å²) in [5.41, 5.74) is 0.697. The van der Waals surface area contributed by atoms with E-state index >= 15 is 0 Å². The minimum Gasteiger partial charge on any atom is -0.452 e. The number of carbonyl (C=O) groups excluding carboxylic acids is 2. The Balaban J connectivity index is 1.96. The van der Waals surface area contributed by atoms with Crippen LogP contribution in [0.2, 0.25) is 0 Å². The number of aromatic nitrogens is 2. The maximum atomic E-state index is 12.3. The van der Waals surface area contributed by atoms with Crippen molar-refractivity contribution in [1.82, 2.24) is 15.5 Å². The number of pyridine rings is 1. The fourth-order valence-corrected chi connectivity index (χ4v) is 2.82. The van der Waals surface area contributed by atoms with E-state index in [0.29, 0.717) is 16.3 Å². The van der Waals surface area contributed by atoms with Crippen LogP contribution in [0, 0.1) is 6.92 Å². The van der Waals surface area contributed by atoms with E-state index in [1.54, 1.807) is 18.3 Å². The first kappa shape index (κ1) is 19.0. The van der Waals surface area contributed by atoms with E-state index in [4.69, 9.17) is 9.26 Å². The first-order valence-electron chi connectivity index (χ1n) is 7.73. The molecule has 0 aromatic carbocycles. The number of nitrogens with zero attached hydrogens (tertiary/aromatic N) is 2. The van der Waals surface area contributed by atoms with Gasteiger partial charge >= 0.3 is 5.97 Å². The Morgan fingerprint density at radius 1 is 1.36 bits per heavy atom. The summed E-state index contributed by atoms with van der Waals surface area (Å²) in [6, 6.07) is 5.09. The highest BCUT2D eigenvalue weighted by atomic mass is 32.2. The lowest BCUT2D eigenvalue weighted by Crippen LogP contribution is -2.42. The molecule has 0 saturated heterocycles. The number of thioether (sulfide) groups is 1. The second-order valence-corrected chi connectivity index (χ2v) is 7.41. The van der Waals surface area contributed by atoms with Crippen molar-refractivity contribution in [2.45, 2.75) is 44.0 Å². The molecule has 1 N–H and O–H groups in total. The first-order chi connectivity index (χ1) is 11.7. The van der Waals surface area contributed by atoms with Gasteiger partial charge in [-0.2, -0.15) is 0 Å². The van der Waals surface area contributed by atoms with Crippen molar-refractivity contribution in [3.63, 3.8) is 0 Å². The van der Waals surface area contributed by atoms with Crippen LogP contribution in [0.4, 0.5) is 0 Å². The van der Waals surface area contributed by atoms with Gasteiger partial charge < -0.3 is 14.6 Å². The number of nitrogens with one attached hydrogen (secondary N) is 1. The van der Waals surface area contributed by atoms with E-state index in [0.717, 1.165) is 11.5 Å². The Morgan fingerprint density at radius 3 is 2.76 bits per heavy atom. The second-order valence-electron chi connectivity index (χ2n) is 6.45. The molecule has 134 valence electrons. The summed E-state index contributed by atoms with van der Waals surface area (Å²) in [5.74, 6) is 0.299. The van der Waals surface area contributed by atoms with Gasteiger partial charge in [0.25, 0.3) is 5.91 Å². The number of hydrogen-bond acceptors (Lipinski definition) is 7. The van der Waals surface area contributed by atoms with E-state index in [-0.39, 0.29) is 18.1 Å². The predicted molar refractivity (Wildman–Crippen MR) is 93.2 cm³/mol. The maximum absolute atomic E-state index is 12.3. The van der Waals surface area contributed by atoms with E-state index in [1.807, 2.05) is 33.8 Å². The van der Waals surface area contributed by atoms with Crippen molar-refractivity contribution in [2.75, 3.05) is 6.61 Å². The maximum Gasteiger partial charge on any atom is 0.341 e. The van der Waals surface area contributed by atoms with Gasteiger partial charge in [0.15, 0.2) is 6.61 Å². The number of ether oxygens (including phenoxy) is 1. The minimum atomic E-state index is -0.587. The van der Waals surface area contributed by atoms with Gasteiger partial charge in [-0.25, -0.2) is 9.78 Å². The van der Waals surface area contributed by atoms with Gasteiger partial charge in [0.1, 0.15) is 10.8 Å². The summed E-state index contributed by atoms with van der Waals surface area (Å²) < 4.78 is 10.1. The molecule has 25 heavy (non-hydrogen) atoms. The summed E-state index contributed by atoms with van der Waals surface area (Å²) in [6.45, 7) is 7.04. The fraction of sp³-hybridized carbons (Fsp3) is 0.412. The molecule has 0 unspecified atom stereocenters. The monoisotopic (exact) mass is 363 g/mol. The van der Waals surface area contributed by atoms with Gasteiger partial charge in [-0.3, -0.25) is 4.79 Å². The predicted octanol–water partition coefficient (Wildman–Crippen LogP) is 2.74. The molecule has 0 spiro atoms. The standard InChI is InChI=1S/C17H21N3O4S/c1-11-8-12(20-24-11)10-25-15-13(6-5-7-18-15)16(22)23-9-14(21)19-17(2,3)4/h5-8H,9-10H2,1-4H3,(H,19,21). The topological polar surface area (TPSA) is 94.3 Å². The van der Waals surface area contributed by atoms with Crippen LogP contribution in [0.15, 0.2) is 33.9 Å².